The number of hydrogen-bond acceptors (Lipinski definition) is 6. The van der Waals surface area contributed by atoms with Crippen molar-refractivity contribution in [2.24, 2.45) is 10.9 Å². The summed E-state index contributed by atoms with van der Waals surface area (Å²) in [6.45, 7) is 1.32. The van der Waals surface area contributed by atoms with Crippen molar-refractivity contribution in [2.75, 3.05) is 33.8 Å². The molecular formula is C25H36N4O4S. The average molecular weight is 489 g/mol. The van der Waals surface area contributed by atoms with E-state index in [0.717, 1.165) is 36.2 Å². The molecule has 2 fully saturated rings. The van der Waals surface area contributed by atoms with Gasteiger partial charge in [0, 0.05) is 38.0 Å². The molecule has 1 aromatic carbocycles. The van der Waals surface area contributed by atoms with Crippen molar-refractivity contribution in [1.29, 1.82) is 0 Å². The summed E-state index contributed by atoms with van der Waals surface area (Å²) in [4.78, 5) is 24.7. The largest absolute Gasteiger partial charge is 0.305 e. The Morgan fingerprint density at radius 2 is 1.82 bits per heavy atom. The number of hydroxylamine groups is 1. The summed E-state index contributed by atoms with van der Waals surface area (Å²) in [7, 11) is -0.153. The van der Waals surface area contributed by atoms with Gasteiger partial charge in [-0.1, -0.05) is 43.5 Å². The molecule has 1 saturated heterocycles. The van der Waals surface area contributed by atoms with Gasteiger partial charge < -0.3 is 9.74 Å². The number of aliphatic imine (C=N–C) groups is 1. The lowest BCUT2D eigenvalue weighted by Gasteiger charge is -2.34. The van der Waals surface area contributed by atoms with Crippen LogP contribution in [-0.2, 0) is 26.1 Å². The van der Waals surface area contributed by atoms with Crippen LogP contribution in [0.1, 0.15) is 56.1 Å². The van der Waals surface area contributed by atoms with Crippen LogP contribution in [-0.4, -0.2) is 68.7 Å². The second-order valence-corrected chi connectivity index (χ2v) is 11.4. The predicted octanol–water partition coefficient (Wildman–Crippen LogP) is 2.97. The van der Waals surface area contributed by atoms with Crippen molar-refractivity contribution in [2.45, 2.75) is 56.9 Å². The van der Waals surface area contributed by atoms with Gasteiger partial charge >= 0.3 is 0 Å². The monoisotopic (exact) mass is 488 g/mol. The Morgan fingerprint density at radius 3 is 2.47 bits per heavy atom. The van der Waals surface area contributed by atoms with Crippen molar-refractivity contribution in [3.05, 3.63) is 40.8 Å². The maximum Gasteiger partial charge on any atom is 0.255 e. The number of likely N-dealkylation sites (N-methyl/N-ethyl adjacent to an activating group) is 1. The summed E-state index contributed by atoms with van der Waals surface area (Å²) in [5.41, 5.74) is 3.99. The Labute approximate surface area is 203 Å². The number of nitrogens with one attached hydrogen (secondary N) is 1. The SMILES string of the molecule is CONCCc1ccc(/C=C/S(=O)(=O)N2CCC3(CC2)N=C(C2CCCCC2)N(C)C3=O)cc1. The first-order valence-electron chi connectivity index (χ1n) is 12.3. The quantitative estimate of drug-likeness (QED) is 0.449. The van der Waals surface area contributed by atoms with E-state index in [0.29, 0.717) is 38.4 Å². The number of sulfonamides is 1. The number of hydrogen-bond donors (Lipinski definition) is 1. The summed E-state index contributed by atoms with van der Waals surface area (Å²) >= 11 is 0. The second kappa shape index (κ2) is 10.7. The van der Waals surface area contributed by atoms with Gasteiger partial charge in [0.25, 0.3) is 5.91 Å². The molecule has 1 amide bonds. The van der Waals surface area contributed by atoms with Gasteiger partial charge in [-0.25, -0.2) is 13.9 Å². The Morgan fingerprint density at radius 1 is 1.15 bits per heavy atom. The van der Waals surface area contributed by atoms with Gasteiger partial charge in [-0.2, -0.15) is 4.31 Å². The highest BCUT2D eigenvalue weighted by molar-refractivity contribution is 7.92. The lowest BCUT2D eigenvalue weighted by molar-refractivity contribution is -0.131. The lowest BCUT2D eigenvalue weighted by Crippen LogP contribution is -2.50. The fourth-order valence-corrected chi connectivity index (χ4v) is 6.46. The zero-order valence-corrected chi connectivity index (χ0v) is 21.0. The summed E-state index contributed by atoms with van der Waals surface area (Å²) < 4.78 is 27.4. The molecule has 1 aromatic rings. The van der Waals surface area contributed by atoms with Crippen LogP contribution in [0.2, 0.25) is 0 Å². The number of nitrogens with zero attached hydrogens (tertiary/aromatic N) is 3. The molecule has 1 saturated carbocycles. The first-order valence-corrected chi connectivity index (χ1v) is 13.8. The normalized spacial score (nSPS) is 22.1. The fraction of sp³-hybridized carbons (Fsp3) is 0.600. The van der Waals surface area contributed by atoms with Crippen LogP contribution >= 0.6 is 0 Å². The standard InChI is InChI=1S/C25H36N4O4S/c1-28-23(22-6-4-3-5-7-22)27-25(24(28)30)14-17-29(18-15-25)34(31,32)19-13-21-10-8-20(9-11-21)12-16-26-33-2/h8-11,13,19,22,26H,3-7,12,14-18H2,1-2H3/b19-13+. The van der Waals surface area contributed by atoms with Crippen molar-refractivity contribution >= 4 is 27.8 Å². The van der Waals surface area contributed by atoms with Crippen molar-refractivity contribution < 1.29 is 18.0 Å². The van der Waals surface area contributed by atoms with E-state index in [1.54, 1.807) is 18.1 Å². The van der Waals surface area contributed by atoms with Crippen molar-refractivity contribution in [3.63, 3.8) is 0 Å². The lowest BCUT2D eigenvalue weighted by atomic mass is 9.88. The molecule has 0 atom stereocenters. The minimum Gasteiger partial charge on any atom is -0.305 e. The van der Waals surface area contributed by atoms with Crippen LogP contribution in [0.25, 0.3) is 6.08 Å². The Hall–Kier alpha value is -2.07. The smallest absolute Gasteiger partial charge is 0.255 e. The molecule has 2 aliphatic heterocycles. The first kappa shape index (κ1) is 25.0. The maximum atomic E-state index is 13.1. The van der Waals surface area contributed by atoms with E-state index >= 15 is 0 Å². The van der Waals surface area contributed by atoms with Crippen LogP contribution < -0.4 is 5.48 Å². The van der Waals surface area contributed by atoms with Gasteiger partial charge in [0.05, 0.1) is 7.11 Å². The summed E-state index contributed by atoms with van der Waals surface area (Å²) in [6, 6.07) is 7.79. The van der Waals surface area contributed by atoms with E-state index in [1.165, 1.54) is 29.0 Å². The highest BCUT2D eigenvalue weighted by Crippen LogP contribution is 2.38. The van der Waals surface area contributed by atoms with Gasteiger partial charge in [-0.05, 0) is 49.3 Å². The van der Waals surface area contributed by atoms with Crippen molar-refractivity contribution in [3.8, 4) is 0 Å². The van der Waals surface area contributed by atoms with Crippen LogP contribution in [0.15, 0.2) is 34.7 Å². The number of rotatable bonds is 8. The Kier molecular flexibility index (Phi) is 7.87. The van der Waals surface area contributed by atoms with Gasteiger partial charge in [-0.15, -0.1) is 0 Å². The van der Waals surface area contributed by atoms with E-state index in [2.05, 4.69) is 5.48 Å². The molecule has 0 bridgehead atoms. The molecule has 186 valence electrons. The first-order chi connectivity index (χ1) is 16.3. The van der Waals surface area contributed by atoms with E-state index < -0.39 is 15.6 Å². The third-order valence-corrected chi connectivity index (χ3v) is 8.89. The van der Waals surface area contributed by atoms with E-state index in [1.807, 2.05) is 31.3 Å². The average Bonchev–Trinajstić information content (AvgIpc) is 3.10. The van der Waals surface area contributed by atoms with Crippen molar-refractivity contribution in [1.82, 2.24) is 14.7 Å². The van der Waals surface area contributed by atoms with E-state index in [-0.39, 0.29) is 5.91 Å². The zero-order chi connectivity index (χ0) is 24.2. The van der Waals surface area contributed by atoms with Crippen LogP contribution in [0.5, 0.6) is 0 Å². The number of benzene rings is 1. The molecule has 4 rings (SSSR count). The molecule has 0 radical (unpaired) electrons. The highest BCUT2D eigenvalue weighted by atomic mass is 32.2. The number of amidine groups is 1. The van der Waals surface area contributed by atoms with Crippen LogP contribution in [0.4, 0.5) is 0 Å². The summed E-state index contributed by atoms with van der Waals surface area (Å²) in [6.07, 6.45) is 9.12. The zero-order valence-electron chi connectivity index (χ0n) is 20.2. The molecule has 1 spiro atoms. The Bertz CT molecular complexity index is 1020. The second-order valence-electron chi connectivity index (χ2n) is 9.54. The molecule has 2 heterocycles. The minimum absolute atomic E-state index is 0.0291. The minimum atomic E-state index is -3.57. The molecular weight excluding hydrogens is 452 g/mol. The summed E-state index contributed by atoms with van der Waals surface area (Å²) in [5, 5.41) is 1.27. The number of amides is 1. The fourth-order valence-electron chi connectivity index (χ4n) is 5.26. The van der Waals surface area contributed by atoms with Gasteiger partial charge in [0.2, 0.25) is 10.0 Å². The summed E-state index contributed by atoms with van der Waals surface area (Å²) in [5.74, 6) is 1.30. The van der Waals surface area contributed by atoms with Gasteiger partial charge in [0.15, 0.2) is 0 Å². The highest BCUT2D eigenvalue weighted by Gasteiger charge is 2.50. The number of carbonyl (C=O) groups excluding carboxylic acids is 1. The number of carbonyl (C=O) groups is 1. The molecule has 1 aliphatic carbocycles. The van der Waals surface area contributed by atoms with E-state index in [4.69, 9.17) is 9.83 Å². The number of piperidine rings is 1. The molecule has 34 heavy (non-hydrogen) atoms. The topological polar surface area (TPSA) is 91.3 Å². The molecule has 0 unspecified atom stereocenters. The van der Waals surface area contributed by atoms with Gasteiger partial charge in [0.1, 0.15) is 11.4 Å². The van der Waals surface area contributed by atoms with Crippen LogP contribution in [0.3, 0.4) is 0 Å². The molecule has 0 aromatic heterocycles. The van der Waals surface area contributed by atoms with Gasteiger partial charge in [-0.3, -0.25) is 9.79 Å². The maximum absolute atomic E-state index is 13.1. The third kappa shape index (κ3) is 5.43. The van der Waals surface area contributed by atoms with E-state index in [9.17, 15) is 13.2 Å². The molecule has 9 heteroatoms. The molecule has 3 aliphatic rings. The third-order valence-electron chi connectivity index (χ3n) is 7.33. The molecule has 1 N–H and O–H groups in total. The Balaban J connectivity index is 1.37. The predicted molar refractivity (Wildman–Crippen MR) is 133 cm³/mol. The molecule has 8 nitrogen and oxygen atoms in total. The van der Waals surface area contributed by atoms with Crippen LogP contribution in [0, 0.1) is 5.92 Å².